The molecule has 416 valence electrons. The Hall–Kier alpha value is -4.62. The van der Waals surface area contributed by atoms with Crippen molar-refractivity contribution >= 4 is 86.7 Å². The zero-order valence-electron chi connectivity index (χ0n) is 42.5. The van der Waals surface area contributed by atoms with Crippen LogP contribution in [0.4, 0.5) is 20.3 Å². The summed E-state index contributed by atoms with van der Waals surface area (Å²) < 4.78 is 62.7. The zero-order chi connectivity index (χ0) is 54.1. The maximum absolute atomic E-state index is 13.1. The first-order valence-corrected chi connectivity index (χ1v) is 30.7. The SMILES string of the molecule is CSSCOC1[C@H](n2cc(C#CCNC(=O)OCCCCOCSSC(C)(C)CCOC(=O)NCCOCCOCCNC(=O)OCC3c4ccccc4-c4ccccc43)c3c(=O)[nH]c(N)nc32)CO[C@@H]1CO[PH](=O)O. The summed E-state index contributed by atoms with van der Waals surface area (Å²) in [7, 11) is 2.97. The van der Waals surface area contributed by atoms with Gasteiger partial charge in [-0.2, -0.15) is 4.98 Å². The summed E-state index contributed by atoms with van der Waals surface area (Å²) in [4.78, 5) is 66.0. The Morgan fingerprint density at radius 3 is 2.22 bits per heavy atom. The minimum absolute atomic E-state index is 0.00209. The number of fused-ring (bicyclic) bond motifs is 4. The molecule has 0 radical (unpaired) electrons. The number of alkyl carbamates (subject to hydrolysis) is 3. The number of nitrogen functional groups attached to an aromatic ring is 1. The van der Waals surface area contributed by atoms with Gasteiger partial charge in [0.1, 0.15) is 30.7 Å². The van der Waals surface area contributed by atoms with Gasteiger partial charge in [0, 0.05) is 36.6 Å². The molecule has 3 heterocycles. The quantitative estimate of drug-likeness (QED) is 0.00742. The minimum Gasteiger partial charge on any atom is -0.450 e. The Kier molecular flexibility index (Phi) is 25.8. The van der Waals surface area contributed by atoms with Crippen LogP contribution in [0.3, 0.4) is 0 Å². The number of H-pyrrole nitrogens is 1. The zero-order valence-corrected chi connectivity index (χ0v) is 46.8. The van der Waals surface area contributed by atoms with Crippen LogP contribution in [0, 0.1) is 11.8 Å². The highest BCUT2D eigenvalue weighted by atomic mass is 33.1. The van der Waals surface area contributed by atoms with Gasteiger partial charge in [-0.25, -0.2) is 14.4 Å². The van der Waals surface area contributed by atoms with Crippen molar-refractivity contribution in [3.05, 3.63) is 81.8 Å². The van der Waals surface area contributed by atoms with E-state index in [-0.39, 0.29) is 73.8 Å². The third-order valence-corrected chi connectivity index (χ3v) is 16.6. The predicted octanol–water partition coefficient (Wildman–Crippen LogP) is 6.68. The number of nitrogens with zero attached hydrogens (tertiary/aromatic N) is 2. The molecule has 1 aliphatic carbocycles. The predicted molar refractivity (Wildman–Crippen MR) is 296 cm³/mol. The van der Waals surface area contributed by atoms with Crippen molar-refractivity contribution in [2.24, 2.45) is 0 Å². The van der Waals surface area contributed by atoms with Crippen molar-refractivity contribution in [2.75, 3.05) is 110 Å². The Labute approximate surface area is 457 Å². The average Bonchev–Trinajstić information content (AvgIpc) is 4.09. The molecule has 76 heavy (non-hydrogen) atoms. The molecule has 0 bridgehead atoms. The lowest BCUT2D eigenvalue weighted by atomic mass is 9.98. The summed E-state index contributed by atoms with van der Waals surface area (Å²) in [5.74, 6) is 6.44. The van der Waals surface area contributed by atoms with E-state index in [0.29, 0.717) is 76.3 Å². The number of aromatic amines is 1. The normalized spacial score (nSPS) is 16.3. The summed E-state index contributed by atoms with van der Waals surface area (Å²) in [6, 6.07) is 15.9. The fraction of sp³-hybridized carbons (Fsp3) is 0.531. The smallest absolute Gasteiger partial charge is 0.407 e. The van der Waals surface area contributed by atoms with Crippen LogP contribution in [0.25, 0.3) is 22.2 Å². The monoisotopic (exact) mass is 1150 g/mol. The van der Waals surface area contributed by atoms with Gasteiger partial charge >= 0.3 is 26.5 Å². The Morgan fingerprint density at radius 2 is 1.53 bits per heavy atom. The van der Waals surface area contributed by atoms with E-state index in [1.807, 2.05) is 30.5 Å². The highest BCUT2D eigenvalue weighted by molar-refractivity contribution is 8.77. The summed E-state index contributed by atoms with van der Waals surface area (Å²) in [6.45, 7) is 7.02. The summed E-state index contributed by atoms with van der Waals surface area (Å²) in [5.41, 5.74) is 10.7. The third-order valence-electron chi connectivity index (χ3n) is 11.6. The van der Waals surface area contributed by atoms with E-state index in [0.717, 1.165) is 11.1 Å². The molecule has 2 unspecified atom stereocenters. The highest BCUT2D eigenvalue weighted by Gasteiger charge is 2.41. The van der Waals surface area contributed by atoms with Crippen molar-refractivity contribution in [1.29, 1.82) is 0 Å². The minimum atomic E-state index is -3.20. The maximum atomic E-state index is 13.1. The molecule has 2 aliphatic rings. The van der Waals surface area contributed by atoms with E-state index < -0.39 is 50.3 Å². The average molecular weight is 1150 g/mol. The molecule has 4 atom stereocenters. The van der Waals surface area contributed by atoms with E-state index in [1.54, 1.807) is 32.4 Å². The first-order chi connectivity index (χ1) is 36.8. The van der Waals surface area contributed by atoms with Gasteiger partial charge < -0.3 is 73.6 Å². The first kappa shape index (κ1) is 60.6. The van der Waals surface area contributed by atoms with E-state index in [1.165, 1.54) is 32.7 Å². The first-order valence-electron chi connectivity index (χ1n) is 24.4. The van der Waals surface area contributed by atoms with Gasteiger partial charge in [-0.05, 0) is 61.6 Å². The molecule has 1 fully saturated rings. The number of benzene rings is 2. The van der Waals surface area contributed by atoms with Crippen molar-refractivity contribution in [3.8, 4) is 23.0 Å². The molecule has 22 nitrogen and oxygen atoms in total. The van der Waals surface area contributed by atoms with Crippen LogP contribution in [0.1, 0.15) is 61.8 Å². The molecule has 1 saturated heterocycles. The number of anilines is 1. The molecule has 0 spiro atoms. The molecule has 7 N–H and O–H groups in total. The van der Waals surface area contributed by atoms with E-state index in [2.05, 4.69) is 75.9 Å². The number of aromatic nitrogens is 3. The number of nitrogens with one attached hydrogen (secondary N) is 4. The number of carbonyl (C=O) groups is 3. The van der Waals surface area contributed by atoms with E-state index in [9.17, 15) is 28.6 Å². The van der Waals surface area contributed by atoms with Crippen LogP contribution in [0.5, 0.6) is 0 Å². The summed E-state index contributed by atoms with van der Waals surface area (Å²) >= 11 is 0. The topological polar surface area (TPSA) is 284 Å². The number of ether oxygens (including phenoxy) is 8. The van der Waals surface area contributed by atoms with Crippen molar-refractivity contribution in [1.82, 2.24) is 30.5 Å². The van der Waals surface area contributed by atoms with Crippen LogP contribution in [-0.2, 0) is 47.0 Å². The fourth-order valence-electron chi connectivity index (χ4n) is 8.05. The Morgan fingerprint density at radius 1 is 0.868 bits per heavy atom. The molecule has 2 aromatic carbocycles. The maximum Gasteiger partial charge on any atom is 0.407 e. The molecule has 1 aliphatic heterocycles. The van der Waals surface area contributed by atoms with Crippen LogP contribution < -0.4 is 27.2 Å². The molecule has 2 aromatic heterocycles. The lowest BCUT2D eigenvalue weighted by Gasteiger charge is -2.24. The van der Waals surface area contributed by atoms with Gasteiger partial charge in [0.05, 0.1) is 76.4 Å². The van der Waals surface area contributed by atoms with Crippen LogP contribution in [0.2, 0.25) is 0 Å². The molecule has 27 heteroatoms. The lowest BCUT2D eigenvalue weighted by Crippen LogP contribution is -2.34. The standard InChI is InChI=1S/C49H66N7O15PS4/c1-49(2,16-22-67-47(59)52-18-23-63-25-26-64-24-19-53-48(60)69-28-38-36-14-6-4-12-34(36)35-13-5-7-15-37(35)38)76-75-31-65-20-8-9-21-66-46(58)51-17-10-11-33-27-56(43-41(33)44(57)55-45(50)54-43)39-29-68-40(30-71-72(61)62)42(39)70-32-74-73-3/h4-7,12-15,27,38-40,42,72H,8-9,16-26,28-32H2,1-3H3,(H,51,58)(H,52,59)(H,53,60)(H,61,62)(H3,50,54,55,57)/t39-,40-,42?/m1/s1. The molecule has 0 saturated carbocycles. The number of unbranched alkanes of at least 4 members (excludes halogenated alkanes) is 1. The molecular weight excluding hydrogens is 1090 g/mol. The number of carbonyl (C=O) groups excluding carboxylic acids is 3. The van der Waals surface area contributed by atoms with Crippen molar-refractivity contribution in [2.45, 2.75) is 62.0 Å². The number of hydrogen-bond donors (Lipinski definition) is 6. The largest absolute Gasteiger partial charge is 0.450 e. The van der Waals surface area contributed by atoms with Crippen LogP contribution in [-0.4, -0.2) is 158 Å². The van der Waals surface area contributed by atoms with Crippen molar-refractivity contribution in [3.63, 3.8) is 0 Å². The lowest BCUT2D eigenvalue weighted by molar-refractivity contribution is -0.0181. The van der Waals surface area contributed by atoms with Crippen molar-refractivity contribution < 1.29 is 66.3 Å². The van der Waals surface area contributed by atoms with Gasteiger partial charge in [-0.1, -0.05) is 104 Å². The highest BCUT2D eigenvalue weighted by Crippen LogP contribution is 2.44. The molecular formula is C49H66N7O15PS4. The number of rotatable bonds is 32. The van der Waals surface area contributed by atoms with E-state index >= 15 is 0 Å². The Balaban J connectivity index is 0.738. The van der Waals surface area contributed by atoms with Gasteiger partial charge in [-0.15, -0.1) is 0 Å². The second-order valence-corrected chi connectivity index (χ2v) is 23.7. The fourth-order valence-corrected chi connectivity index (χ4v) is 11.4. The van der Waals surface area contributed by atoms with Crippen LogP contribution >= 0.6 is 51.4 Å². The second kappa shape index (κ2) is 32.3. The van der Waals surface area contributed by atoms with Gasteiger partial charge in [0.25, 0.3) is 5.56 Å². The molecule has 4 aromatic rings. The second-order valence-electron chi connectivity index (χ2n) is 17.4. The van der Waals surface area contributed by atoms with Crippen LogP contribution in [0.15, 0.2) is 59.5 Å². The summed E-state index contributed by atoms with van der Waals surface area (Å²) in [5, 5.41) is 8.17. The number of amides is 3. The van der Waals surface area contributed by atoms with Gasteiger partial charge in [-0.3, -0.25) is 14.3 Å². The summed E-state index contributed by atoms with van der Waals surface area (Å²) in [6.07, 6.45) is 2.50. The van der Waals surface area contributed by atoms with Gasteiger partial charge in [0.2, 0.25) is 5.95 Å². The Bertz CT molecular complexity index is 2610. The number of nitrogens with two attached hydrogens (primary N) is 1. The third kappa shape index (κ3) is 19.4. The van der Waals surface area contributed by atoms with Gasteiger partial charge in [0.15, 0.2) is 5.65 Å². The van der Waals surface area contributed by atoms with E-state index in [4.69, 9.17) is 48.2 Å². The molecule has 3 amide bonds. The molecule has 6 rings (SSSR count). The number of hydrogen-bond acceptors (Lipinski definition) is 20.